The predicted octanol–water partition coefficient (Wildman–Crippen LogP) is 4.06. The van der Waals surface area contributed by atoms with Crippen LogP contribution in [-0.4, -0.2) is 43.8 Å². The van der Waals surface area contributed by atoms with Crippen LogP contribution in [0.5, 0.6) is 0 Å². The van der Waals surface area contributed by atoms with Gasteiger partial charge < -0.3 is 14.4 Å². The molecule has 0 bridgehead atoms. The summed E-state index contributed by atoms with van der Waals surface area (Å²) in [5, 5.41) is 0. The molecule has 0 spiro atoms. The number of piperidine rings is 1. The third-order valence-corrected chi connectivity index (χ3v) is 4.51. The fourth-order valence-electron chi connectivity index (χ4n) is 3.01. The van der Waals surface area contributed by atoms with Gasteiger partial charge in [-0.05, 0) is 31.6 Å². The molecule has 1 fully saturated rings. The number of unbranched alkanes of at least 4 members (excludes halogenated alkanes) is 5. The topological polar surface area (TPSA) is 55.8 Å². The number of hydrogen-bond donors (Lipinski definition) is 0. The average molecular weight is 326 g/mol. The molecule has 0 aromatic rings. The number of ether oxygens (including phenoxy) is 2. The van der Waals surface area contributed by atoms with Gasteiger partial charge in [-0.25, -0.2) is 9.59 Å². The van der Waals surface area contributed by atoms with Gasteiger partial charge in [-0.2, -0.15) is 0 Å². The molecular weight excluding hydrogens is 294 g/mol. The largest absolute Gasteiger partial charge is 0.457 e. The van der Waals surface area contributed by atoms with Crippen molar-refractivity contribution in [1.82, 2.24) is 4.90 Å². The summed E-state index contributed by atoms with van der Waals surface area (Å²) in [7, 11) is 0. The SMILES string of the molecule is CCCCCCOC(=O)N1CCC(CCCCCO[C]=O)CC1. The molecule has 0 N–H and O–H groups in total. The minimum Gasteiger partial charge on any atom is -0.457 e. The van der Waals surface area contributed by atoms with Crippen molar-refractivity contribution in [3.05, 3.63) is 0 Å². The lowest BCUT2D eigenvalue weighted by molar-refractivity contribution is 0.0851. The summed E-state index contributed by atoms with van der Waals surface area (Å²) in [5.74, 6) is 0.710. The van der Waals surface area contributed by atoms with E-state index in [2.05, 4.69) is 11.7 Å². The first kappa shape index (κ1) is 19.8. The first-order valence-electron chi connectivity index (χ1n) is 9.18. The first-order chi connectivity index (χ1) is 11.3. The van der Waals surface area contributed by atoms with Crippen LogP contribution in [0.25, 0.3) is 0 Å². The van der Waals surface area contributed by atoms with Crippen LogP contribution in [0.4, 0.5) is 4.79 Å². The highest BCUT2D eigenvalue weighted by molar-refractivity contribution is 5.67. The van der Waals surface area contributed by atoms with Crippen molar-refractivity contribution in [1.29, 1.82) is 0 Å². The van der Waals surface area contributed by atoms with Gasteiger partial charge in [0.25, 0.3) is 0 Å². The molecule has 0 unspecified atom stereocenters. The van der Waals surface area contributed by atoms with E-state index in [1.807, 2.05) is 4.90 Å². The Balaban J connectivity index is 2.01. The maximum Gasteiger partial charge on any atom is 0.417 e. The van der Waals surface area contributed by atoms with Crippen molar-refractivity contribution in [3.8, 4) is 0 Å². The molecule has 23 heavy (non-hydrogen) atoms. The average Bonchev–Trinajstić information content (AvgIpc) is 2.58. The highest BCUT2D eigenvalue weighted by atomic mass is 16.6. The van der Waals surface area contributed by atoms with Gasteiger partial charge in [-0.3, -0.25) is 0 Å². The Kier molecular flexibility index (Phi) is 11.4. The van der Waals surface area contributed by atoms with E-state index in [0.717, 1.165) is 58.0 Å². The van der Waals surface area contributed by atoms with Crippen molar-refractivity contribution in [2.75, 3.05) is 26.3 Å². The van der Waals surface area contributed by atoms with E-state index in [-0.39, 0.29) is 6.09 Å². The fraction of sp³-hybridized carbons (Fsp3) is 0.889. The Morgan fingerprint density at radius 2 is 1.74 bits per heavy atom. The van der Waals surface area contributed by atoms with Crippen LogP contribution >= 0.6 is 0 Å². The number of nitrogens with zero attached hydrogens (tertiary/aromatic N) is 1. The summed E-state index contributed by atoms with van der Waals surface area (Å²) in [5.41, 5.74) is 0. The zero-order chi connectivity index (χ0) is 16.8. The van der Waals surface area contributed by atoms with E-state index in [1.165, 1.54) is 25.7 Å². The Labute approximate surface area is 140 Å². The molecule has 0 aromatic heterocycles. The number of amides is 1. The molecule has 1 rings (SSSR count). The van der Waals surface area contributed by atoms with Crippen LogP contribution in [0, 0.1) is 5.92 Å². The summed E-state index contributed by atoms with van der Waals surface area (Å²) in [6, 6.07) is 0. The van der Waals surface area contributed by atoms with Gasteiger partial charge in [-0.15, -0.1) is 0 Å². The minimum absolute atomic E-state index is 0.137. The molecule has 0 saturated carbocycles. The van der Waals surface area contributed by atoms with Gasteiger partial charge in [0.2, 0.25) is 0 Å². The van der Waals surface area contributed by atoms with E-state index < -0.39 is 0 Å². The zero-order valence-electron chi connectivity index (χ0n) is 14.6. The van der Waals surface area contributed by atoms with Gasteiger partial charge in [0.1, 0.15) is 0 Å². The van der Waals surface area contributed by atoms with Crippen LogP contribution in [-0.2, 0) is 14.3 Å². The second-order valence-corrected chi connectivity index (χ2v) is 6.39. The summed E-state index contributed by atoms with van der Waals surface area (Å²) in [6.07, 6.45) is 10.9. The number of rotatable bonds is 12. The molecule has 1 aliphatic rings. The van der Waals surface area contributed by atoms with Gasteiger partial charge in [0.05, 0.1) is 13.2 Å². The van der Waals surface area contributed by atoms with Crippen molar-refractivity contribution in [2.45, 2.75) is 71.1 Å². The molecular formula is C18H32NO4. The van der Waals surface area contributed by atoms with Crippen LogP contribution < -0.4 is 0 Å². The molecule has 1 amide bonds. The quantitative estimate of drug-likeness (QED) is 0.508. The van der Waals surface area contributed by atoms with Crippen molar-refractivity contribution >= 4 is 12.6 Å². The maximum absolute atomic E-state index is 12.0. The minimum atomic E-state index is -0.137. The number of carbonyl (C=O) groups is 1. The van der Waals surface area contributed by atoms with Gasteiger partial charge in [0.15, 0.2) is 0 Å². The molecule has 0 atom stereocenters. The summed E-state index contributed by atoms with van der Waals surface area (Å²) in [6.45, 7) is 6.30. The Morgan fingerprint density at radius 3 is 2.43 bits per heavy atom. The normalized spacial score (nSPS) is 15.4. The number of likely N-dealkylation sites (tertiary alicyclic amines) is 1. The smallest absolute Gasteiger partial charge is 0.417 e. The molecule has 5 heteroatoms. The molecule has 1 heterocycles. The van der Waals surface area contributed by atoms with E-state index in [4.69, 9.17) is 4.74 Å². The third-order valence-electron chi connectivity index (χ3n) is 4.51. The maximum atomic E-state index is 12.0. The van der Waals surface area contributed by atoms with E-state index >= 15 is 0 Å². The summed E-state index contributed by atoms with van der Waals surface area (Å²) in [4.78, 5) is 23.7. The lowest BCUT2D eigenvalue weighted by atomic mass is 9.91. The zero-order valence-corrected chi connectivity index (χ0v) is 14.6. The number of carbonyl (C=O) groups excluding carboxylic acids is 2. The molecule has 1 saturated heterocycles. The predicted molar refractivity (Wildman–Crippen MR) is 89.9 cm³/mol. The van der Waals surface area contributed by atoms with Crippen molar-refractivity contribution in [3.63, 3.8) is 0 Å². The van der Waals surface area contributed by atoms with Gasteiger partial charge in [-0.1, -0.05) is 45.4 Å². The monoisotopic (exact) mass is 326 g/mol. The molecule has 1 aliphatic heterocycles. The second-order valence-electron chi connectivity index (χ2n) is 6.39. The van der Waals surface area contributed by atoms with E-state index in [1.54, 1.807) is 0 Å². The lowest BCUT2D eigenvalue weighted by Crippen LogP contribution is -2.38. The summed E-state index contributed by atoms with van der Waals surface area (Å²) < 4.78 is 9.90. The van der Waals surface area contributed by atoms with Crippen molar-refractivity contribution < 1.29 is 19.1 Å². The molecule has 5 nitrogen and oxygen atoms in total. The van der Waals surface area contributed by atoms with Crippen LogP contribution in [0.15, 0.2) is 0 Å². The lowest BCUT2D eigenvalue weighted by Gasteiger charge is -2.31. The third kappa shape index (κ3) is 9.47. The van der Waals surface area contributed by atoms with E-state index in [9.17, 15) is 9.59 Å². The highest BCUT2D eigenvalue weighted by Crippen LogP contribution is 2.23. The van der Waals surface area contributed by atoms with Crippen molar-refractivity contribution in [2.24, 2.45) is 5.92 Å². The molecule has 133 valence electrons. The second kappa shape index (κ2) is 13.2. The first-order valence-corrected chi connectivity index (χ1v) is 9.18. The van der Waals surface area contributed by atoms with Crippen LogP contribution in [0.2, 0.25) is 0 Å². The molecule has 0 aliphatic carbocycles. The molecule has 1 radical (unpaired) electrons. The number of hydrogen-bond acceptors (Lipinski definition) is 4. The Hall–Kier alpha value is -1.26. The van der Waals surface area contributed by atoms with Gasteiger partial charge in [0, 0.05) is 13.1 Å². The van der Waals surface area contributed by atoms with Crippen LogP contribution in [0.3, 0.4) is 0 Å². The Bertz CT molecular complexity index is 314. The summed E-state index contributed by atoms with van der Waals surface area (Å²) >= 11 is 0. The Morgan fingerprint density at radius 1 is 1.04 bits per heavy atom. The standard InChI is InChI=1S/C18H32NO4/c1-2-3-4-8-15-23-18(21)19-12-10-17(11-13-19)9-6-5-7-14-22-16-20/h17H,2-15H2,1H3. The van der Waals surface area contributed by atoms with Crippen LogP contribution in [0.1, 0.15) is 71.1 Å². The molecule has 0 aromatic carbocycles. The highest BCUT2D eigenvalue weighted by Gasteiger charge is 2.23. The fourth-order valence-corrected chi connectivity index (χ4v) is 3.01. The van der Waals surface area contributed by atoms with Gasteiger partial charge >= 0.3 is 12.6 Å². The van der Waals surface area contributed by atoms with E-state index in [0.29, 0.717) is 19.1 Å².